The number of imidazole rings is 1. The molecule has 0 bridgehead atoms. The van der Waals surface area contributed by atoms with E-state index in [0.717, 1.165) is 32.2 Å². The summed E-state index contributed by atoms with van der Waals surface area (Å²) in [6.45, 7) is 8.15. The molecule has 0 aliphatic carbocycles. The number of aromatic nitrogens is 2. The lowest BCUT2D eigenvalue weighted by Gasteiger charge is -2.23. The largest absolute Gasteiger partial charge is 0.381 e. The van der Waals surface area contributed by atoms with E-state index in [1.165, 1.54) is 18.5 Å². The first-order valence-electron chi connectivity index (χ1n) is 6.56. The van der Waals surface area contributed by atoms with Gasteiger partial charge in [0.2, 0.25) is 0 Å². The molecule has 1 aromatic heterocycles. The second-order valence-corrected chi connectivity index (χ2v) is 5.13. The molecule has 1 aliphatic rings. The highest BCUT2D eigenvalue weighted by molar-refractivity contribution is 4.98. The van der Waals surface area contributed by atoms with Gasteiger partial charge in [0.15, 0.2) is 0 Å². The molecule has 0 atom stereocenters. The molecule has 1 aromatic rings. The second kappa shape index (κ2) is 6.17. The molecule has 1 fully saturated rings. The fraction of sp³-hybridized carbons (Fsp3) is 0.769. The van der Waals surface area contributed by atoms with E-state index in [-0.39, 0.29) is 0 Å². The van der Waals surface area contributed by atoms with Crippen LogP contribution in [0.3, 0.4) is 0 Å². The second-order valence-electron chi connectivity index (χ2n) is 5.13. The van der Waals surface area contributed by atoms with Crippen LogP contribution in [-0.4, -0.2) is 28.8 Å². The first-order valence-corrected chi connectivity index (χ1v) is 6.56. The van der Waals surface area contributed by atoms with Crippen molar-refractivity contribution in [2.24, 2.45) is 5.92 Å². The quantitative estimate of drug-likeness (QED) is 0.849. The average molecular weight is 237 g/mol. The summed E-state index contributed by atoms with van der Waals surface area (Å²) in [4.78, 5) is 4.26. The molecule has 0 unspecified atom stereocenters. The Bertz CT molecular complexity index is 329. The highest BCUT2D eigenvalue weighted by Crippen LogP contribution is 2.17. The smallest absolute Gasteiger partial charge is 0.0948 e. The summed E-state index contributed by atoms with van der Waals surface area (Å²) in [6.07, 6.45) is 6.27. The Morgan fingerprint density at radius 1 is 1.47 bits per heavy atom. The maximum atomic E-state index is 5.39. The third-order valence-corrected chi connectivity index (χ3v) is 3.29. The topological polar surface area (TPSA) is 39.1 Å². The molecular weight excluding hydrogens is 214 g/mol. The Hall–Kier alpha value is -0.870. The number of rotatable bonds is 5. The van der Waals surface area contributed by atoms with Crippen molar-refractivity contribution >= 4 is 0 Å². The Labute approximate surface area is 103 Å². The maximum absolute atomic E-state index is 5.39. The first-order chi connectivity index (χ1) is 8.25. The van der Waals surface area contributed by atoms with Gasteiger partial charge in [-0.1, -0.05) is 13.8 Å². The van der Waals surface area contributed by atoms with Gasteiger partial charge in [-0.25, -0.2) is 4.98 Å². The highest BCUT2D eigenvalue weighted by atomic mass is 16.5. The van der Waals surface area contributed by atoms with Crippen LogP contribution >= 0.6 is 0 Å². The normalized spacial score (nSPS) is 17.8. The highest BCUT2D eigenvalue weighted by Gasteiger charge is 2.15. The molecule has 17 heavy (non-hydrogen) atoms. The minimum atomic E-state index is 0.515. The lowest BCUT2D eigenvalue weighted by molar-refractivity contribution is 0.0610. The van der Waals surface area contributed by atoms with Gasteiger partial charge < -0.3 is 14.6 Å². The van der Waals surface area contributed by atoms with Crippen molar-refractivity contribution in [3.8, 4) is 0 Å². The van der Waals surface area contributed by atoms with Crippen molar-refractivity contribution in [2.45, 2.75) is 45.8 Å². The summed E-state index contributed by atoms with van der Waals surface area (Å²) in [5.41, 5.74) is 1.28. The van der Waals surface area contributed by atoms with E-state index < -0.39 is 0 Å². The standard InChI is InChI=1S/C13H23N3O/c1-11(2)15-8-13-7-14-10-16(13)9-12-3-5-17-6-4-12/h7,10-12,15H,3-6,8-9H2,1-2H3. The molecule has 2 rings (SSSR count). The molecule has 96 valence electrons. The lowest BCUT2D eigenvalue weighted by Crippen LogP contribution is -2.25. The van der Waals surface area contributed by atoms with Crippen LogP contribution in [0.5, 0.6) is 0 Å². The fourth-order valence-corrected chi connectivity index (χ4v) is 2.18. The Morgan fingerprint density at radius 2 is 2.24 bits per heavy atom. The molecule has 1 saturated heterocycles. The van der Waals surface area contributed by atoms with Crippen LogP contribution in [0.25, 0.3) is 0 Å². The van der Waals surface area contributed by atoms with Crippen LogP contribution in [0, 0.1) is 5.92 Å². The number of nitrogens with one attached hydrogen (secondary N) is 1. The molecule has 2 heterocycles. The van der Waals surface area contributed by atoms with Crippen molar-refractivity contribution < 1.29 is 4.74 Å². The summed E-state index contributed by atoms with van der Waals surface area (Å²) < 4.78 is 7.67. The molecule has 1 N–H and O–H groups in total. The molecular formula is C13H23N3O. The van der Waals surface area contributed by atoms with Crippen molar-refractivity contribution in [2.75, 3.05) is 13.2 Å². The van der Waals surface area contributed by atoms with Crippen molar-refractivity contribution in [1.29, 1.82) is 0 Å². The van der Waals surface area contributed by atoms with Crippen molar-refractivity contribution in [3.63, 3.8) is 0 Å². The Morgan fingerprint density at radius 3 is 2.94 bits per heavy atom. The molecule has 4 nitrogen and oxygen atoms in total. The molecule has 4 heteroatoms. The van der Waals surface area contributed by atoms with Gasteiger partial charge in [-0.05, 0) is 18.8 Å². The number of ether oxygens (including phenoxy) is 1. The summed E-state index contributed by atoms with van der Waals surface area (Å²) in [7, 11) is 0. The van der Waals surface area contributed by atoms with E-state index in [2.05, 4.69) is 28.7 Å². The first kappa shape index (κ1) is 12.6. The van der Waals surface area contributed by atoms with Crippen LogP contribution in [0.1, 0.15) is 32.4 Å². The third kappa shape index (κ3) is 3.82. The van der Waals surface area contributed by atoms with Gasteiger partial charge in [0.1, 0.15) is 0 Å². The number of nitrogens with zero attached hydrogens (tertiary/aromatic N) is 2. The Balaban J connectivity index is 1.88. The van der Waals surface area contributed by atoms with Gasteiger partial charge in [-0.3, -0.25) is 0 Å². The lowest BCUT2D eigenvalue weighted by atomic mass is 10.0. The molecule has 0 amide bonds. The molecule has 0 radical (unpaired) electrons. The molecule has 1 aliphatic heterocycles. The minimum absolute atomic E-state index is 0.515. The molecule has 0 spiro atoms. The minimum Gasteiger partial charge on any atom is -0.381 e. The van der Waals surface area contributed by atoms with E-state index in [9.17, 15) is 0 Å². The zero-order valence-electron chi connectivity index (χ0n) is 10.9. The van der Waals surface area contributed by atoms with E-state index >= 15 is 0 Å². The van der Waals surface area contributed by atoms with Gasteiger partial charge in [-0.2, -0.15) is 0 Å². The molecule has 0 aromatic carbocycles. The van der Waals surface area contributed by atoms with Crippen LogP contribution in [-0.2, 0) is 17.8 Å². The predicted molar refractivity (Wildman–Crippen MR) is 67.7 cm³/mol. The zero-order valence-corrected chi connectivity index (χ0v) is 10.9. The SMILES string of the molecule is CC(C)NCc1cncn1CC1CCOCC1. The number of hydrogen-bond donors (Lipinski definition) is 1. The zero-order chi connectivity index (χ0) is 12.1. The van der Waals surface area contributed by atoms with Gasteiger partial charge >= 0.3 is 0 Å². The maximum Gasteiger partial charge on any atom is 0.0948 e. The predicted octanol–water partition coefficient (Wildman–Crippen LogP) is 1.81. The summed E-state index contributed by atoms with van der Waals surface area (Å²) >= 11 is 0. The molecule has 0 saturated carbocycles. The monoisotopic (exact) mass is 237 g/mol. The van der Waals surface area contributed by atoms with Gasteiger partial charge in [0, 0.05) is 38.5 Å². The van der Waals surface area contributed by atoms with Gasteiger partial charge in [0.25, 0.3) is 0 Å². The average Bonchev–Trinajstić information content (AvgIpc) is 2.75. The third-order valence-electron chi connectivity index (χ3n) is 3.29. The van der Waals surface area contributed by atoms with Crippen LogP contribution < -0.4 is 5.32 Å². The van der Waals surface area contributed by atoms with Crippen molar-refractivity contribution in [1.82, 2.24) is 14.9 Å². The van der Waals surface area contributed by atoms with E-state index in [4.69, 9.17) is 4.74 Å². The van der Waals surface area contributed by atoms with Crippen LogP contribution in [0.2, 0.25) is 0 Å². The van der Waals surface area contributed by atoms with Crippen LogP contribution in [0.15, 0.2) is 12.5 Å². The van der Waals surface area contributed by atoms with E-state index in [0.29, 0.717) is 6.04 Å². The number of hydrogen-bond acceptors (Lipinski definition) is 3. The van der Waals surface area contributed by atoms with Gasteiger partial charge in [-0.15, -0.1) is 0 Å². The summed E-state index contributed by atoms with van der Waals surface area (Å²) in [6, 6.07) is 0.515. The summed E-state index contributed by atoms with van der Waals surface area (Å²) in [5, 5.41) is 3.44. The van der Waals surface area contributed by atoms with Crippen LogP contribution in [0.4, 0.5) is 0 Å². The Kier molecular flexibility index (Phi) is 4.57. The van der Waals surface area contributed by atoms with Gasteiger partial charge in [0.05, 0.1) is 12.0 Å². The van der Waals surface area contributed by atoms with Crippen molar-refractivity contribution in [3.05, 3.63) is 18.2 Å². The fourth-order valence-electron chi connectivity index (χ4n) is 2.18. The van der Waals surface area contributed by atoms with E-state index in [1.54, 1.807) is 0 Å². The van der Waals surface area contributed by atoms with E-state index in [1.807, 2.05) is 12.5 Å². The summed E-state index contributed by atoms with van der Waals surface area (Å²) in [5.74, 6) is 0.746.